The normalized spacial score (nSPS) is 20.3. The molecule has 1 amide bonds. The van der Waals surface area contributed by atoms with Gasteiger partial charge in [0.1, 0.15) is 24.1 Å². The van der Waals surface area contributed by atoms with Crippen LogP contribution in [-0.4, -0.2) is 47.9 Å². The first-order valence-electron chi connectivity index (χ1n) is 10.4. The van der Waals surface area contributed by atoms with E-state index in [1.165, 1.54) is 0 Å². The Balaban J connectivity index is 1.51. The molecule has 31 heavy (non-hydrogen) atoms. The molecule has 0 bridgehead atoms. The van der Waals surface area contributed by atoms with Crippen LogP contribution in [0.1, 0.15) is 52.3 Å². The van der Waals surface area contributed by atoms with Gasteiger partial charge in [-0.3, -0.25) is 5.01 Å². The van der Waals surface area contributed by atoms with Crippen molar-refractivity contribution in [3.05, 3.63) is 41.7 Å². The maximum Gasteiger partial charge on any atom is 0.407 e. The second kappa shape index (κ2) is 9.21. The molecule has 7 nitrogen and oxygen atoms in total. The van der Waals surface area contributed by atoms with Gasteiger partial charge in [-0.2, -0.15) is 0 Å². The number of hydrazine groups is 1. The molecule has 1 aliphatic carbocycles. The lowest BCUT2D eigenvalue weighted by Crippen LogP contribution is -2.42. The van der Waals surface area contributed by atoms with Gasteiger partial charge in [-0.05, 0) is 58.2 Å². The van der Waals surface area contributed by atoms with Crippen LogP contribution in [0.15, 0.2) is 41.2 Å². The number of ether oxygens (including phenoxy) is 2. The van der Waals surface area contributed by atoms with Gasteiger partial charge in [0.25, 0.3) is 0 Å². The number of carbonyl (C=O) groups excluding carboxylic acids is 1. The fraction of sp³-hybridized carbons (Fsp3) is 0.545. The highest BCUT2D eigenvalue weighted by atomic mass is 19.1. The van der Waals surface area contributed by atoms with E-state index in [-0.39, 0.29) is 24.9 Å². The Kier molecular flexibility index (Phi) is 6.83. The number of nitrogens with one attached hydrogen (secondary N) is 2. The van der Waals surface area contributed by atoms with Gasteiger partial charge < -0.3 is 14.8 Å². The molecule has 1 saturated carbocycles. The van der Waals surface area contributed by atoms with E-state index in [4.69, 9.17) is 9.47 Å². The van der Waals surface area contributed by atoms with Crippen LogP contribution in [-0.2, 0) is 4.74 Å². The molecular formula is C22H30F2N4O3. The third-order valence-corrected chi connectivity index (χ3v) is 4.82. The van der Waals surface area contributed by atoms with Crippen molar-refractivity contribution in [1.82, 2.24) is 15.8 Å². The summed E-state index contributed by atoms with van der Waals surface area (Å²) in [7, 11) is 0. The maximum absolute atomic E-state index is 14.5. The molecule has 1 atom stereocenters. The average molecular weight is 437 g/mol. The molecule has 1 aliphatic heterocycles. The Bertz CT molecular complexity index is 845. The van der Waals surface area contributed by atoms with Gasteiger partial charge in [0.05, 0.1) is 6.33 Å². The monoisotopic (exact) mass is 436 g/mol. The molecular weight excluding hydrogens is 406 g/mol. The molecule has 1 fully saturated rings. The highest BCUT2D eigenvalue weighted by Crippen LogP contribution is 2.44. The number of amides is 1. The molecule has 1 unspecified atom stereocenters. The first-order valence-corrected chi connectivity index (χ1v) is 10.4. The smallest absolute Gasteiger partial charge is 0.407 e. The Morgan fingerprint density at radius 1 is 1.35 bits per heavy atom. The molecule has 0 aromatic heterocycles. The summed E-state index contributed by atoms with van der Waals surface area (Å²) >= 11 is 0. The second-order valence-electron chi connectivity index (χ2n) is 8.67. The lowest BCUT2D eigenvalue weighted by Gasteiger charge is -2.21. The van der Waals surface area contributed by atoms with Crippen LogP contribution in [0.4, 0.5) is 13.6 Å². The minimum Gasteiger partial charge on any atom is -0.489 e. The minimum atomic E-state index is -1.30. The molecule has 1 aromatic carbocycles. The number of benzene rings is 1. The van der Waals surface area contributed by atoms with Crippen molar-refractivity contribution in [3.8, 4) is 5.75 Å². The standard InChI is InChI=1S/C22H30F2N4O3/c1-5-28-19(22(24)10-11-22)26-18(27-28)16-6-8-17(9-7-16)30-14-15(12-23)13-25-20(29)31-21(2,3)4/h6-9,12,18,27H,5,10-11,13-14H2,1-4H3,(H,25,29)/b15-12+. The largest absolute Gasteiger partial charge is 0.489 e. The number of rotatable bonds is 8. The Morgan fingerprint density at radius 2 is 2.03 bits per heavy atom. The van der Waals surface area contributed by atoms with E-state index >= 15 is 0 Å². The van der Waals surface area contributed by atoms with E-state index in [2.05, 4.69) is 15.7 Å². The SMILES string of the molecule is CCN1NC(c2ccc(OC/C(=C/F)CNC(=O)OC(C)(C)C)cc2)N=C1C1(F)CC1. The number of carbonyl (C=O) groups is 1. The molecule has 0 spiro atoms. The van der Waals surface area contributed by atoms with Gasteiger partial charge >= 0.3 is 6.09 Å². The van der Waals surface area contributed by atoms with E-state index in [0.29, 0.717) is 37.3 Å². The second-order valence-corrected chi connectivity index (χ2v) is 8.67. The number of hydrogen-bond acceptors (Lipinski definition) is 6. The predicted octanol–water partition coefficient (Wildman–Crippen LogP) is 4.18. The third-order valence-electron chi connectivity index (χ3n) is 4.82. The molecule has 1 aromatic rings. The van der Waals surface area contributed by atoms with Gasteiger partial charge in [0.2, 0.25) is 0 Å². The molecule has 1 heterocycles. The summed E-state index contributed by atoms with van der Waals surface area (Å²) in [5, 5.41) is 4.26. The van der Waals surface area contributed by atoms with Crippen LogP contribution in [0.25, 0.3) is 0 Å². The lowest BCUT2D eigenvalue weighted by atomic mass is 10.2. The summed E-state index contributed by atoms with van der Waals surface area (Å²) in [6, 6.07) is 7.17. The summed E-state index contributed by atoms with van der Waals surface area (Å²) in [5.41, 5.74) is 2.42. The predicted molar refractivity (Wildman–Crippen MR) is 114 cm³/mol. The minimum absolute atomic E-state index is 0.0230. The van der Waals surface area contributed by atoms with Gasteiger partial charge in [0, 0.05) is 18.7 Å². The number of halogens is 2. The summed E-state index contributed by atoms with van der Waals surface area (Å²) in [5.74, 6) is 1.01. The van der Waals surface area contributed by atoms with Crippen LogP contribution >= 0.6 is 0 Å². The molecule has 170 valence electrons. The molecule has 3 rings (SSSR count). The van der Waals surface area contributed by atoms with Crippen LogP contribution in [0.2, 0.25) is 0 Å². The number of nitrogens with zero attached hydrogens (tertiary/aromatic N) is 2. The van der Waals surface area contributed by atoms with Gasteiger partial charge in [0.15, 0.2) is 11.5 Å². The van der Waals surface area contributed by atoms with Crippen molar-refractivity contribution < 1.29 is 23.0 Å². The fourth-order valence-corrected chi connectivity index (χ4v) is 3.05. The Hall–Kier alpha value is -2.68. The van der Waals surface area contributed by atoms with Crippen LogP contribution in [0, 0.1) is 0 Å². The van der Waals surface area contributed by atoms with Crippen molar-refractivity contribution >= 4 is 11.9 Å². The topological polar surface area (TPSA) is 75.2 Å². The first kappa shape index (κ1) is 23.0. The van der Waals surface area contributed by atoms with Crippen LogP contribution in [0.5, 0.6) is 5.75 Å². The zero-order valence-corrected chi connectivity index (χ0v) is 18.4. The molecule has 0 radical (unpaired) electrons. The van der Waals surface area contributed by atoms with Crippen molar-refractivity contribution in [2.24, 2.45) is 4.99 Å². The zero-order chi connectivity index (χ0) is 22.6. The summed E-state index contributed by atoms with van der Waals surface area (Å²) in [6.07, 6.45) is 0.459. The maximum atomic E-state index is 14.5. The van der Waals surface area contributed by atoms with Crippen molar-refractivity contribution in [1.29, 1.82) is 0 Å². The fourth-order valence-electron chi connectivity index (χ4n) is 3.05. The quantitative estimate of drug-likeness (QED) is 0.639. The highest BCUT2D eigenvalue weighted by molar-refractivity contribution is 5.94. The molecule has 2 aliphatic rings. The Labute approximate surface area is 181 Å². The van der Waals surface area contributed by atoms with E-state index in [1.807, 2.05) is 19.1 Å². The number of hydrogen-bond donors (Lipinski definition) is 2. The van der Waals surface area contributed by atoms with E-state index in [9.17, 15) is 13.6 Å². The van der Waals surface area contributed by atoms with E-state index < -0.39 is 17.4 Å². The molecule has 2 N–H and O–H groups in total. The number of aliphatic imine (C=N–C) groups is 1. The van der Waals surface area contributed by atoms with Gasteiger partial charge in [-0.1, -0.05) is 12.1 Å². The third kappa shape index (κ3) is 6.16. The first-order chi connectivity index (χ1) is 14.6. The van der Waals surface area contributed by atoms with Crippen molar-refractivity contribution in [2.45, 2.75) is 58.0 Å². The molecule has 0 saturated heterocycles. The number of alkyl halides is 1. The van der Waals surface area contributed by atoms with Crippen molar-refractivity contribution in [3.63, 3.8) is 0 Å². The number of amidine groups is 1. The average Bonchev–Trinajstić information content (AvgIpc) is 3.31. The van der Waals surface area contributed by atoms with Crippen LogP contribution < -0.4 is 15.5 Å². The van der Waals surface area contributed by atoms with Crippen molar-refractivity contribution in [2.75, 3.05) is 19.7 Å². The van der Waals surface area contributed by atoms with E-state index in [0.717, 1.165) is 5.56 Å². The van der Waals surface area contributed by atoms with Gasteiger partial charge in [-0.15, -0.1) is 0 Å². The molecule has 9 heteroatoms. The summed E-state index contributed by atoms with van der Waals surface area (Å²) in [6.45, 7) is 7.77. The van der Waals surface area contributed by atoms with Gasteiger partial charge in [-0.25, -0.2) is 24.0 Å². The summed E-state index contributed by atoms with van der Waals surface area (Å²) in [4.78, 5) is 16.2. The number of alkyl carbamates (subject to hydrolysis) is 1. The van der Waals surface area contributed by atoms with Crippen LogP contribution in [0.3, 0.4) is 0 Å². The lowest BCUT2D eigenvalue weighted by molar-refractivity contribution is 0.0531. The Morgan fingerprint density at radius 3 is 2.58 bits per heavy atom. The van der Waals surface area contributed by atoms with E-state index in [1.54, 1.807) is 37.9 Å². The zero-order valence-electron chi connectivity index (χ0n) is 18.4. The highest BCUT2D eigenvalue weighted by Gasteiger charge is 2.52. The summed E-state index contributed by atoms with van der Waals surface area (Å²) < 4.78 is 38.4.